The molecule has 1 aromatic heterocycles. The number of hydrogen-bond acceptors (Lipinski definition) is 5. The van der Waals surface area contributed by atoms with Crippen molar-refractivity contribution in [2.24, 2.45) is 0 Å². The van der Waals surface area contributed by atoms with E-state index in [4.69, 9.17) is 5.84 Å². The molecular formula is C11H19N5OS. The number of aryl methyl sites for hydroxylation is 1. The summed E-state index contributed by atoms with van der Waals surface area (Å²) >= 11 is 1.32. The van der Waals surface area contributed by atoms with Crippen LogP contribution >= 0.6 is 11.8 Å². The van der Waals surface area contributed by atoms with Crippen LogP contribution in [0.4, 0.5) is 0 Å². The summed E-state index contributed by atoms with van der Waals surface area (Å²) in [4.78, 5) is 11.8. The summed E-state index contributed by atoms with van der Waals surface area (Å²) in [5.74, 6) is 6.74. The van der Waals surface area contributed by atoms with Crippen LogP contribution in [0.3, 0.4) is 0 Å². The summed E-state index contributed by atoms with van der Waals surface area (Å²) in [7, 11) is 0. The quantitative estimate of drug-likeness (QED) is 0.625. The third kappa shape index (κ3) is 3.38. The van der Waals surface area contributed by atoms with Crippen LogP contribution in [0, 0.1) is 6.92 Å². The number of nitrogens with two attached hydrogens (primary N) is 1. The lowest BCUT2D eigenvalue weighted by Gasteiger charge is -2.22. The van der Waals surface area contributed by atoms with E-state index in [1.165, 1.54) is 35.7 Å². The molecule has 0 saturated heterocycles. The van der Waals surface area contributed by atoms with Crippen molar-refractivity contribution in [2.45, 2.75) is 50.2 Å². The molecule has 0 spiro atoms. The van der Waals surface area contributed by atoms with Crippen molar-refractivity contribution >= 4 is 17.7 Å². The Morgan fingerprint density at radius 3 is 2.78 bits per heavy atom. The van der Waals surface area contributed by atoms with Crippen molar-refractivity contribution in [3.8, 4) is 0 Å². The molecule has 1 fully saturated rings. The van der Waals surface area contributed by atoms with Crippen molar-refractivity contribution in [3.05, 3.63) is 5.82 Å². The molecular weight excluding hydrogens is 250 g/mol. The minimum Gasteiger partial charge on any atom is -0.353 e. The Morgan fingerprint density at radius 1 is 1.44 bits per heavy atom. The van der Waals surface area contributed by atoms with Gasteiger partial charge in [-0.2, -0.15) is 0 Å². The Kier molecular flexibility index (Phi) is 4.46. The van der Waals surface area contributed by atoms with Gasteiger partial charge < -0.3 is 11.2 Å². The van der Waals surface area contributed by atoms with Gasteiger partial charge in [-0.15, -0.1) is 10.2 Å². The van der Waals surface area contributed by atoms with Gasteiger partial charge in [0, 0.05) is 6.04 Å². The SMILES string of the molecule is Cc1nnc(SCC(=O)NC2CCCCC2)n1N. The molecule has 0 bridgehead atoms. The highest BCUT2D eigenvalue weighted by Gasteiger charge is 2.16. The molecule has 7 heteroatoms. The highest BCUT2D eigenvalue weighted by atomic mass is 32.2. The topological polar surface area (TPSA) is 85.8 Å². The van der Waals surface area contributed by atoms with Gasteiger partial charge in [0.25, 0.3) is 0 Å². The van der Waals surface area contributed by atoms with Gasteiger partial charge in [0.15, 0.2) is 0 Å². The second-order valence-electron chi connectivity index (χ2n) is 4.59. The molecule has 0 aromatic carbocycles. The van der Waals surface area contributed by atoms with Crippen molar-refractivity contribution in [1.82, 2.24) is 20.2 Å². The number of carbonyl (C=O) groups is 1. The standard InChI is InChI=1S/C11H19N5OS/c1-8-14-15-11(16(8)12)18-7-10(17)13-9-5-3-2-4-6-9/h9H,2-7,12H2,1H3,(H,13,17). The first kappa shape index (κ1) is 13.2. The van der Waals surface area contributed by atoms with E-state index in [0.29, 0.717) is 22.8 Å². The van der Waals surface area contributed by atoms with Gasteiger partial charge in [-0.05, 0) is 19.8 Å². The summed E-state index contributed by atoms with van der Waals surface area (Å²) in [5, 5.41) is 11.4. The molecule has 1 heterocycles. The number of nitrogen functional groups attached to an aromatic ring is 1. The molecule has 100 valence electrons. The van der Waals surface area contributed by atoms with Crippen LogP contribution in [-0.4, -0.2) is 32.6 Å². The Balaban J connectivity index is 1.76. The monoisotopic (exact) mass is 269 g/mol. The van der Waals surface area contributed by atoms with Gasteiger partial charge in [0.05, 0.1) is 5.75 Å². The third-order valence-electron chi connectivity index (χ3n) is 3.14. The average molecular weight is 269 g/mol. The second kappa shape index (κ2) is 6.08. The fourth-order valence-electron chi connectivity index (χ4n) is 2.09. The molecule has 0 radical (unpaired) electrons. The molecule has 6 nitrogen and oxygen atoms in total. The van der Waals surface area contributed by atoms with Crippen LogP contribution in [0.5, 0.6) is 0 Å². The second-order valence-corrected chi connectivity index (χ2v) is 5.53. The van der Waals surface area contributed by atoms with Crippen molar-refractivity contribution in [2.75, 3.05) is 11.6 Å². The zero-order valence-corrected chi connectivity index (χ0v) is 11.4. The number of thioether (sulfide) groups is 1. The molecule has 1 aliphatic carbocycles. The predicted octanol–water partition coefficient (Wildman–Crippen LogP) is 0.841. The maximum absolute atomic E-state index is 11.8. The molecule has 1 aromatic rings. The van der Waals surface area contributed by atoms with Crippen LogP contribution in [-0.2, 0) is 4.79 Å². The smallest absolute Gasteiger partial charge is 0.230 e. The van der Waals surface area contributed by atoms with E-state index in [0.717, 1.165) is 12.8 Å². The Labute approximate surface area is 111 Å². The zero-order valence-electron chi connectivity index (χ0n) is 10.6. The predicted molar refractivity (Wildman–Crippen MR) is 70.6 cm³/mol. The fraction of sp³-hybridized carbons (Fsp3) is 0.727. The van der Waals surface area contributed by atoms with E-state index in [9.17, 15) is 4.79 Å². The normalized spacial score (nSPS) is 16.7. The largest absolute Gasteiger partial charge is 0.353 e. The van der Waals surface area contributed by atoms with Gasteiger partial charge in [0.2, 0.25) is 11.1 Å². The maximum atomic E-state index is 11.8. The van der Waals surface area contributed by atoms with Crippen molar-refractivity contribution < 1.29 is 4.79 Å². The highest BCUT2D eigenvalue weighted by Crippen LogP contribution is 2.18. The lowest BCUT2D eigenvalue weighted by Crippen LogP contribution is -2.37. The summed E-state index contributed by atoms with van der Waals surface area (Å²) in [6.07, 6.45) is 5.92. The van der Waals surface area contributed by atoms with Crippen molar-refractivity contribution in [3.63, 3.8) is 0 Å². The molecule has 0 aliphatic heterocycles. The Bertz CT molecular complexity index is 414. The molecule has 0 unspecified atom stereocenters. The third-order valence-corrected chi connectivity index (χ3v) is 4.08. The van der Waals surface area contributed by atoms with Gasteiger partial charge in [-0.3, -0.25) is 4.79 Å². The summed E-state index contributed by atoms with van der Waals surface area (Å²) in [5.41, 5.74) is 0. The van der Waals surface area contributed by atoms with E-state index >= 15 is 0 Å². The molecule has 1 saturated carbocycles. The number of hydrogen-bond donors (Lipinski definition) is 2. The van der Waals surface area contributed by atoms with Crippen LogP contribution < -0.4 is 11.2 Å². The minimum absolute atomic E-state index is 0.0487. The summed E-state index contributed by atoms with van der Waals surface area (Å²) in [6, 6.07) is 0.351. The van der Waals surface area contributed by atoms with Gasteiger partial charge in [-0.25, -0.2) is 4.68 Å². The summed E-state index contributed by atoms with van der Waals surface area (Å²) in [6.45, 7) is 1.78. The molecule has 0 atom stereocenters. The van der Waals surface area contributed by atoms with Gasteiger partial charge in [-0.1, -0.05) is 31.0 Å². The van der Waals surface area contributed by atoms with E-state index in [1.807, 2.05) is 0 Å². The minimum atomic E-state index is 0.0487. The Morgan fingerprint density at radius 2 is 2.17 bits per heavy atom. The number of rotatable bonds is 4. The molecule has 3 N–H and O–H groups in total. The van der Waals surface area contributed by atoms with Crippen LogP contribution in [0.15, 0.2) is 5.16 Å². The maximum Gasteiger partial charge on any atom is 0.230 e. The lowest BCUT2D eigenvalue weighted by molar-refractivity contribution is -0.119. The molecule has 2 rings (SSSR count). The lowest BCUT2D eigenvalue weighted by atomic mass is 9.95. The highest BCUT2D eigenvalue weighted by molar-refractivity contribution is 7.99. The molecule has 18 heavy (non-hydrogen) atoms. The Hall–Kier alpha value is -1.24. The number of amides is 1. The molecule has 1 amide bonds. The first-order valence-corrected chi connectivity index (χ1v) is 7.24. The van der Waals surface area contributed by atoms with E-state index < -0.39 is 0 Å². The van der Waals surface area contributed by atoms with E-state index in [-0.39, 0.29) is 5.91 Å². The number of aromatic nitrogens is 3. The molecule has 1 aliphatic rings. The summed E-state index contributed by atoms with van der Waals surface area (Å²) < 4.78 is 1.40. The van der Waals surface area contributed by atoms with Crippen molar-refractivity contribution in [1.29, 1.82) is 0 Å². The zero-order chi connectivity index (χ0) is 13.0. The number of nitrogens with zero attached hydrogens (tertiary/aromatic N) is 3. The van der Waals surface area contributed by atoms with Crippen LogP contribution in [0.2, 0.25) is 0 Å². The van der Waals surface area contributed by atoms with Crippen LogP contribution in [0.1, 0.15) is 37.9 Å². The number of nitrogens with one attached hydrogen (secondary N) is 1. The first-order valence-electron chi connectivity index (χ1n) is 6.26. The van der Waals surface area contributed by atoms with E-state index in [2.05, 4.69) is 15.5 Å². The first-order chi connectivity index (χ1) is 8.66. The fourth-order valence-corrected chi connectivity index (χ4v) is 2.81. The average Bonchev–Trinajstić information content (AvgIpc) is 2.69. The van der Waals surface area contributed by atoms with Gasteiger partial charge >= 0.3 is 0 Å². The van der Waals surface area contributed by atoms with Gasteiger partial charge in [0.1, 0.15) is 5.82 Å². The van der Waals surface area contributed by atoms with E-state index in [1.54, 1.807) is 6.92 Å². The number of carbonyl (C=O) groups excluding carboxylic acids is 1. The van der Waals surface area contributed by atoms with Crippen LogP contribution in [0.25, 0.3) is 0 Å².